The maximum Gasteiger partial charge on any atom is 0.249 e. The molecule has 1 atom stereocenters. The lowest BCUT2D eigenvalue weighted by atomic mass is 10.2. The molecule has 4 nitrogen and oxygen atoms in total. The van der Waals surface area contributed by atoms with Crippen LogP contribution in [0.1, 0.15) is 16.8 Å². The van der Waals surface area contributed by atoms with E-state index < -0.39 is 0 Å². The zero-order valence-electron chi connectivity index (χ0n) is 9.04. The number of hydrogen-bond acceptors (Lipinski definition) is 6. The highest BCUT2D eigenvalue weighted by Crippen LogP contribution is 2.30. The summed E-state index contributed by atoms with van der Waals surface area (Å²) in [6.07, 6.45) is 0. The molecule has 3 aromatic rings. The number of halogens is 1. The van der Waals surface area contributed by atoms with Crippen molar-refractivity contribution in [2.75, 3.05) is 0 Å². The molecule has 0 aromatic carbocycles. The Hall–Kier alpha value is -1.02. The van der Waals surface area contributed by atoms with Gasteiger partial charge in [-0.25, -0.2) is 0 Å². The molecule has 3 rings (SSSR count). The molecule has 0 bridgehead atoms. The summed E-state index contributed by atoms with van der Waals surface area (Å²) in [5.41, 5.74) is 6.07. The highest BCUT2D eigenvalue weighted by atomic mass is 79.9. The van der Waals surface area contributed by atoms with Crippen LogP contribution in [0.3, 0.4) is 0 Å². The van der Waals surface area contributed by atoms with Gasteiger partial charge in [-0.15, -0.1) is 22.7 Å². The van der Waals surface area contributed by atoms with Crippen molar-refractivity contribution < 1.29 is 4.52 Å². The predicted octanol–water partition coefficient (Wildman–Crippen LogP) is 3.67. The van der Waals surface area contributed by atoms with Crippen LogP contribution >= 0.6 is 38.6 Å². The van der Waals surface area contributed by atoms with Crippen LogP contribution in [-0.4, -0.2) is 10.1 Å². The van der Waals surface area contributed by atoms with Gasteiger partial charge in [-0.05, 0) is 39.5 Å². The van der Waals surface area contributed by atoms with Gasteiger partial charge in [-0.3, -0.25) is 0 Å². The fourth-order valence-electron chi connectivity index (χ4n) is 1.49. The van der Waals surface area contributed by atoms with E-state index in [1.54, 1.807) is 22.7 Å². The molecule has 3 aromatic heterocycles. The Morgan fingerprint density at radius 1 is 1.33 bits per heavy atom. The average Bonchev–Trinajstić information content (AvgIpc) is 3.09. The maximum absolute atomic E-state index is 6.07. The number of thiophene rings is 2. The van der Waals surface area contributed by atoms with E-state index in [0.29, 0.717) is 11.7 Å². The molecular formula is C11H8BrN3OS2. The Labute approximate surface area is 120 Å². The average molecular weight is 342 g/mol. The lowest BCUT2D eigenvalue weighted by Gasteiger charge is -2.01. The van der Waals surface area contributed by atoms with Crippen LogP contribution in [0.5, 0.6) is 0 Å². The predicted molar refractivity (Wildman–Crippen MR) is 75.7 cm³/mol. The second-order valence-corrected chi connectivity index (χ2v) is 7.00. The number of rotatable bonds is 3. The summed E-state index contributed by atoms with van der Waals surface area (Å²) in [4.78, 5) is 6.31. The first-order chi connectivity index (χ1) is 8.74. The minimum Gasteiger partial charge on any atom is -0.337 e. The van der Waals surface area contributed by atoms with Crippen LogP contribution in [0, 0.1) is 0 Å². The number of nitrogens with two attached hydrogens (primary N) is 1. The Balaban J connectivity index is 1.90. The lowest BCUT2D eigenvalue weighted by Crippen LogP contribution is -2.10. The summed E-state index contributed by atoms with van der Waals surface area (Å²) in [6.45, 7) is 0. The van der Waals surface area contributed by atoms with Crippen LogP contribution in [0.2, 0.25) is 0 Å². The molecule has 92 valence electrons. The molecule has 0 aliphatic carbocycles. The standard InChI is InChI=1S/C11H8BrN3OS2/c12-8-4-3-7(18-8)10-14-11(16-15-10)9(13)6-2-1-5-17-6/h1-5,9H,13H2. The minimum atomic E-state index is -0.352. The van der Waals surface area contributed by atoms with Crippen LogP contribution in [0.15, 0.2) is 38.0 Å². The van der Waals surface area contributed by atoms with Crippen molar-refractivity contribution in [2.24, 2.45) is 5.73 Å². The van der Waals surface area contributed by atoms with E-state index in [0.717, 1.165) is 13.5 Å². The molecule has 0 saturated heterocycles. The summed E-state index contributed by atoms with van der Waals surface area (Å²) in [5.74, 6) is 1.02. The molecule has 2 N–H and O–H groups in total. The van der Waals surface area contributed by atoms with Gasteiger partial charge in [-0.1, -0.05) is 11.2 Å². The molecule has 0 amide bonds. The number of hydrogen-bond donors (Lipinski definition) is 1. The zero-order chi connectivity index (χ0) is 12.5. The van der Waals surface area contributed by atoms with E-state index in [1.807, 2.05) is 29.6 Å². The third kappa shape index (κ3) is 2.26. The maximum atomic E-state index is 6.07. The molecular weight excluding hydrogens is 334 g/mol. The molecule has 1 unspecified atom stereocenters. The third-order valence-electron chi connectivity index (χ3n) is 2.35. The summed E-state index contributed by atoms with van der Waals surface area (Å²) in [5, 5.41) is 5.93. The second-order valence-electron chi connectivity index (χ2n) is 3.55. The molecule has 0 fully saturated rings. The lowest BCUT2D eigenvalue weighted by molar-refractivity contribution is 0.368. The summed E-state index contributed by atoms with van der Waals surface area (Å²) in [6, 6.07) is 7.46. The number of nitrogens with zero attached hydrogens (tertiary/aromatic N) is 2. The van der Waals surface area contributed by atoms with Crippen LogP contribution in [-0.2, 0) is 0 Å². The normalized spacial score (nSPS) is 12.8. The van der Waals surface area contributed by atoms with Crippen molar-refractivity contribution >= 4 is 38.6 Å². The van der Waals surface area contributed by atoms with Crippen molar-refractivity contribution in [2.45, 2.75) is 6.04 Å². The van der Waals surface area contributed by atoms with Gasteiger partial charge in [0.15, 0.2) is 0 Å². The van der Waals surface area contributed by atoms with Crippen LogP contribution < -0.4 is 5.73 Å². The minimum absolute atomic E-state index is 0.352. The molecule has 0 saturated carbocycles. The fourth-order valence-corrected chi connectivity index (χ4v) is 3.52. The van der Waals surface area contributed by atoms with Crippen LogP contribution in [0.4, 0.5) is 0 Å². The van der Waals surface area contributed by atoms with Gasteiger partial charge in [0.25, 0.3) is 0 Å². The van der Waals surface area contributed by atoms with Gasteiger partial charge >= 0.3 is 0 Å². The largest absolute Gasteiger partial charge is 0.337 e. The van der Waals surface area contributed by atoms with Crippen molar-refractivity contribution in [3.05, 3.63) is 44.2 Å². The van der Waals surface area contributed by atoms with Crippen LogP contribution in [0.25, 0.3) is 10.7 Å². The van der Waals surface area contributed by atoms with Crippen molar-refractivity contribution in [1.82, 2.24) is 10.1 Å². The highest BCUT2D eigenvalue weighted by molar-refractivity contribution is 9.11. The van der Waals surface area contributed by atoms with E-state index in [-0.39, 0.29) is 6.04 Å². The van der Waals surface area contributed by atoms with Crippen molar-refractivity contribution in [3.8, 4) is 10.7 Å². The van der Waals surface area contributed by atoms with Gasteiger partial charge in [0.05, 0.1) is 8.66 Å². The highest BCUT2D eigenvalue weighted by Gasteiger charge is 2.18. The first-order valence-corrected chi connectivity index (χ1v) is 7.61. The van der Waals surface area contributed by atoms with Gasteiger partial charge in [0.2, 0.25) is 11.7 Å². The third-order valence-corrected chi connectivity index (χ3v) is 4.93. The fraction of sp³-hybridized carbons (Fsp3) is 0.0909. The Morgan fingerprint density at radius 3 is 2.89 bits per heavy atom. The molecule has 7 heteroatoms. The van der Waals surface area contributed by atoms with E-state index in [9.17, 15) is 0 Å². The number of aromatic nitrogens is 2. The van der Waals surface area contributed by atoms with Crippen molar-refractivity contribution in [3.63, 3.8) is 0 Å². The molecule has 0 radical (unpaired) electrons. The zero-order valence-corrected chi connectivity index (χ0v) is 12.3. The molecule has 0 aliphatic heterocycles. The van der Waals surface area contributed by atoms with E-state index in [2.05, 4.69) is 26.1 Å². The Bertz CT molecular complexity index is 647. The topological polar surface area (TPSA) is 64.9 Å². The SMILES string of the molecule is NC(c1nc(-c2ccc(Br)s2)no1)c1cccs1. The summed E-state index contributed by atoms with van der Waals surface area (Å²) >= 11 is 6.54. The Kier molecular flexibility index (Phi) is 3.29. The van der Waals surface area contributed by atoms with E-state index in [4.69, 9.17) is 10.3 Å². The summed E-state index contributed by atoms with van der Waals surface area (Å²) < 4.78 is 6.26. The van der Waals surface area contributed by atoms with Gasteiger partial charge in [0, 0.05) is 4.88 Å². The first kappa shape index (κ1) is 12.0. The van der Waals surface area contributed by atoms with Gasteiger partial charge in [-0.2, -0.15) is 4.98 Å². The molecule has 18 heavy (non-hydrogen) atoms. The van der Waals surface area contributed by atoms with Gasteiger partial charge in [0.1, 0.15) is 6.04 Å². The molecule has 3 heterocycles. The van der Waals surface area contributed by atoms with Gasteiger partial charge < -0.3 is 10.3 Å². The van der Waals surface area contributed by atoms with E-state index >= 15 is 0 Å². The molecule has 0 spiro atoms. The second kappa shape index (κ2) is 4.93. The first-order valence-electron chi connectivity index (χ1n) is 5.12. The summed E-state index contributed by atoms with van der Waals surface area (Å²) in [7, 11) is 0. The monoisotopic (exact) mass is 341 g/mol. The Morgan fingerprint density at radius 2 is 2.22 bits per heavy atom. The quantitative estimate of drug-likeness (QED) is 0.789. The smallest absolute Gasteiger partial charge is 0.249 e. The van der Waals surface area contributed by atoms with Crippen molar-refractivity contribution in [1.29, 1.82) is 0 Å². The van der Waals surface area contributed by atoms with E-state index in [1.165, 1.54) is 0 Å². The molecule has 0 aliphatic rings.